The normalized spacial score (nSPS) is 19.0. The topological polar surface area (TPSA) is 62.2 Å². The van der Waals surface area contributed by atoms with Crippen molar-refractivity contribution >= 4 is 22.8 Å². The Hall–Kier alpha value is -2.86. The van der Waals surface area contributed by atoms with E-state index < -0.39 is 0 Å². The average molecular weight is 375 g/mol. The van der Waals surface area contributed by atoms with Crippen LogP contribution in [0.5, 0.6) is 0 Å². The highest BCUT2D eigenvalue weighted by Gasteiger charge is 2.30. The number of para-hydroxylation sites is 2. The van der Waals surface area contributed by atoms with E-state index in [2.05, 4.69) is 32.3 Å². The SMILES string of the molecule is O=C(Nc1cccc2c1CCNC2)N1CCCC1Cn1cnc2ccccc21. The molecular weight excluding hydrogens is 350 g/mol. The summed E-state index contributed by atoms with van der Waals surface area (Å²) in [5.41, 5.74) is 5.64. The third kappa shape index (κ3) is 3.14. The third-order valence-electron chi connectivity index (χ3n) is 5.95. The molecule has 1 unspecified atom stereocenters. The number of hydrogen-bond donors (Lipinski definition) is 2. The third-order valence-corrected chi connectivity index (χ3v) is 5.95. The smallest absolute Gasteiger partial charge is 0.322 e. The van der Waals surface area contributed by atoms with Crippen LogP contribution < -0.4 is 10.6 Å². The number of anilines is 1. The first kappa shape index (κ1) is 17.3. The van der Waals surface area contributed by atoms with Gasteiger partial charge in [0, 0.05) is 25.3 Å². The van der Waals surface area contributed by atoms with Crippen molar-refractivity contribution < 1.29 is 4.79 Å². The predicted molar refractivity (Wildman–Crippen MR) is 110 cm³/mol. The molecule has 2 aliphatic rings. The average Bonchev–Trinajstić information content (AvgIpc) is 3.36. The number of imidazole rings is 1. The first-order valence-corrected chi connectivity index (χ1v) is 10.1. The Labute approximate surface area is 164 Å². The van der Waals surface area contributed by atoms with Crippen molar-refractivity contribution in [1.82, 2.24) is 19.8 Å². The van der Waals surface area contributed by atoms with Crippen molar-refractivity contribution in [3.05, 3.63) is 59.9 Å². The number of nitrogens with zero attached hydrogens (tertiary/aromatic N) is 3. The van der Waals surface area contributed by atoms with Crippen LogP contribution in [-0.4, -0.2) is 39.6 Å². The van der Waals surface area contributed by atoms with Gasteiger partial charge in [-0.2, -0.15) is 0 Å². The fourth-order valence-corrected chi connectivity index (χ4v) is 4.51. The van der Waals surface area contributed by atoms with Crippen LogP contribution >= 0.6 is 0 Å². The lowest BCUT2D eigenvalue weighted by Gasteiger charge is -2.27. The number of amides is 2. The number of benzene rings is 2. The summed E-state index contributed by atoms with van der Waals surface area (Å²) in [5.74, 6) is 0. The maximum Gasteiger partial charge on any atom is 0.322 e. The van der Waals surface area contributed by atoms with Gasteiger partial charge in [0.1, 0.15) is 0 Å². The fraction of sp³-hybridized carbons (Fsp3) is 0.364. The monoisotopic (exact) mass is 375 g/mol. The highest BCUT2D eigenvalue weighted by atomic mass is 16.2. The molecule has 2 N–H and O–H groups in total. The molecule has 3 aromatic rings. The first-order valence-electron chi connectivity index (χ1n) is 10.1. The minimum absolute atomic E-state index is 0.0128. The zero-order valence-electron chi connectivity index (χ0n) is 15.9. The number of aromatic nitrogens is 2. The number of carbonyl (C=O) groups excluding carboxylic acids is 1. The minimum atomic E-state index is 0.0128. The van der Waals surface area contributed by atoms with Gasteiger partial charge in [-0.05, 0) is 55.1 Å². The molecular formula is C22H25N5O. The van der Waals surface area contributed by atoms with Gasteiger partial charge in [0.15, 0.2) is 0 Å². The number of fused-ring (bicyclic) bond motifs is 2. The highest BCUT2D eigenvalue weighted by Crippen LogP contribution is 2.26. The molecule has 1 atom stereocenters. The molecule has 5 rings (SSSR count). The molecule has 2 aliphatic heterocycles. The van der Waals surface area contributed by atoms with Crippen molar-refractivity contribution in [3.8, 4) is 0 Å². The number of urea groups is 1. The van der Waals surface area contributed by atoms with E-state index in [1.165, 1.54) is 11.1 Å². The highest BCUT2D eigenvalue weighted by molar-refractivity contribution is 5.91. The summed E-state index contributed by atoms with van der Waals surface area (Å²) >= 11 is 0. The number of rotatable bonds is 3. The van der Waals surface area contributed by atoms with Gasteiger partial charge in [0.2, 0.25) is 0 Å². The van der Waals surface area contributed by atoms with Crippen LogP contribution in [0.3, 0.4) is 0 Å². The molecule has 6 heteroatoms. The summed E-state index contributed by atoms with van der Waals surface area (Å²) in [6, 6.07) is 14.6. The first-order chi connectivity index (χ1) is 13.8. The van der Waals surface area contributed by atoms with E-state index in [-0.39, 0.29) is 12.1 Å². The molecule has 1 aromatic heterocycles. The molecule has 2 amide bonds. The lowest BCUT2D eigenvalue weighted by Crippen LogP contribution is -2.41. The molecule has 2 aromatic carbocycles. The van der Waals surface area contributed by atoms with Crippen LogP contribution in [0.4, 0.5) is 10.5 Å². The molecule has 0 aliphatic carbocycles. The van der Waals surface area contributed by atoms with Crippen molar-refractivity contribution in [3.63, 3.8) is 0 Å². The van der Waals surface area contributed by atoms with E-state index in [1.54, 1.807) is 0 Å². The maximum absolute atomic E-state index is 13.1. The lowest BCUT2D eigenvalue weighted by molar-refractivity contribution is 0.201. The van der Waals surface area contributed by atoms with E-state index in [9.17, 15) is 4.79 Å². The molecule has 0 spiro atoms. The zero-order valence-corrected chi connectivity index (χ0v) is 15.9. The maximum atomic E-state index is 13.1. The molecule has 0 bridgehead atoms. The Balaban J connectivity index is 1.33. The summed E-state index contributed by atoms with van der Waals surface area (Å²) in [6.07, 6.45) is 4.91. The summed E-state index contributed by atoms with van der Waals surface area (Å²) in [4.78, 5) is 19.6. The molecule has 0 saturated carbocycles. The van der Waals surface area contributed by atoms with E-state index in [1.807, 2.05) is 41.6 Å². The molecule has 1 saturated heterocycles. The predicted octanol–water partition coefficient (Wildman–Crippen LogP) is 3.38. The van der Waals surface area contributed by atoms with Crippen LogP contribution in [0, 0.1) is 0 Å². The molecule has 3 heterocycles. The number of likely N-dealkylation sites (tertiary alicyclic amines) is 1. The molecule has 6 nitrogen and oxygen atoms in total. The van der Waals surface area contributed by atoms with E-state index in [0.29, 0.717) is 0 Å². The summed E-state index contributed by atoms with van der Waals surface area (Å²) in [6.45, 7) is 3.42. The van der Waals surface area contributed by atoms with E-state index >= 15 is 0 Å². The standard InChI is InChI=1S/C22H25N5O/c28-22(25-19-8-3-5-16-13-23-11-10-18(16)19)27-12-4-6-17(27)14-26-15-24-20-7-1-2-9-21(20)26/h1-3,5,7-9,15,17,23H,4,6,10-14H2,(H,25,28). The van der Waals surface area contributed by atoms with E-state index in [0.717, 1.165) is 62.2 Å². The number of nitrogens with one attached hydrogen (secondary N) is 2. The second-order valence-electron chi connectivity index (χ2n) is 7.68. The van der Waals surface area contributed by atoms with Crippen molar-refractivity contribution in [2.75, 3.05) is 18.4 Å². The minimum Gasteiger partial charge on any atom is -0.329 e. The van der Waals surface area contributed by atoms with Crippen molar-refractivity contribution in [1.29, 1.82) is 0 Å². The van der Waals surface area contributed by atoms with Crippen molar-refractivity contribution in [2.24, 2.45) is 0 Å². The van der Waals surface area contributed by atoms with Gasteiger partial charge in [0.25, 0.3) is 0 Å². The quantitative estimate of drug-likeness (QED) is 0.738. The van der Waals surface area contributed by atoms with E-state index in [4.69, 9.17) is 0 Å². The second-order valence-corrected chi connectivity index (χ2v) is 7.68. The Kier molecular flexibility index (Phi) is 4.49. The molecule has 28 heavy (non-hydrogen) atoms. The van der Waals surface area contributed by atoms with Crippen LogP contribution in [-0.2, 0) is 19.5 Å². The van der Waals surface area contributed by atoms with Gasteiger partial charge in [-0.1, -0.05) is 24.3 Å². The summed E-state index contributed by atoms with van der Waals surface area (Å²) in [7, 11) is 0. The fourth-order valence-electron chi connectivity index (χ4n) is 4.51. The summed E-state index contributed by atoms with van der Waals surface area (Å²) < 4.78 is 2.17. The molecule has 1 fully saturated rings. The van der Waals surface area contributed by atoms with Gasteiger partial charge >= 0.3 is 6.03 Å². The van der Waals surface area contributed by atoms with Crippen LogP contribution in [0.1, 0.15) is 24.0 Å². The van der Waals surface area contributed by atoms with Gasteiger partial charge in [0.05, 0.1) is 23.4 Å². The largest absolute Gasteiger partial charge is 0.329 e. The van der Waals surface area contributed by atoms with Gasteiger partial charge in [-0.3, -0.25) is 0 Å². The Morgan fingerprint density at radius 1 is 1.21 bits per heavy atom. The van der Waals surface area contributed by atoms with Crippen LogP contribution in [0.15, 0.2) is 48.8 Å². The second kappa shape index (κ2) is 7.28. The zero-order chi connectivity index (χ0) is 18.9. The Morgan fingerprint density at radius 3 is 3.11 bits per heavy atom. The number of carbonyl (C=O) groups is 1. The van der Waals surface area contributed by atoms with Gasteiger partial charge in [-0.25, -0.2) is 9.78 Å². The van der Waals surface area contributed by atoms with Gasteiger partial charge in [-0.15, -0.1) is 0 Å². The van der Waals surface area contributed by atoms with Gasteiger partial charge < -0.3 is 20.1 Å². The van der Waals surface area contributed by atoms with Crippen LogP contribution in [0.2, 0.25) is 0 Å². The van der Waals surface area contributed by atoms with Crippen molar-refractivity contribution in [2.45, 2.75) is 38.4 Å². The molecule has 144 valence electrons. The Bertz CT molecular complexity index is 1010. The van der Waals surface area contributed by atoms with Crippen LogP contribution in [0.25, 0.3) is 11.0 Å². The summed E-state index contributed by atoms with van der Waals surface area (Å²) in [5, 5.41) is 6.58. The lowest BCUT2D eigenvalue weighted by atomic mass is 9.99. The Morgan fingerprint density at radius 2 is 2.14 bits per heavy atom. The number of hydrogen-bond acceptors (Lipinski definition) is 3. The molecule has 0 radical (unpaired) electrons.